The lowest BCUT2D eigenvalue weighted by molar-refractivity contribution is 0.168. The smallest absolute Gasteiger partial charge is 0.193 e. The van der Waals surface area contributed by atoms with Crippen LogP contribution < -0.4 is 5.32 Å². The number of hydrogen-bond donors (Lipinski definition) is 1. The second-order valence-corrected chi connectivity index (χ2v) is 6.69. The van der Waals surface area contributed by atoms with Gasteiger partial charge in [0.1, 0.15) is 5.76 Å². The number of nitrogens with zero attached hydrogens (tertiary/aromatic N) is 4. The van der Waals surface area contributed by atoms with E-state index in [1.807, 2.05) is 20.9 Å². The second kappa shape index (κ2) is 7.34. The summed E-state index contributed by atoms with van der Waals surface area (Å²) in [6, 6.07) is 0.688. The number of guanidine groups is 1. The molecule has 3 heterocycles. The minimum atomic E-state index is 0.688. The normalized spacial score (nSPS) is 23.5. The lowest BCUT2D eigenvalue weighted by Crippen LogP contribution is -2.44. The summed E-state index contributed by atoms with van der Waals surface area (Å²) in [6.45, 7) is 9.37. The van der Waals surface area contributed by atoms with Crippen molar-refractivity contribution >= 4 is 5.96 Å². The van der Waals surface area contributed by atoms with Crippen molar-refractivity contribution in [3.8, 4) is 0 Å². The molecule has 2 aliphatic rings. The topological polar surface area (TPSA) is 56.9 Å². The molecule has 2 fully saturated rings. The van der Waals surface area contributed by atoms with Gasteiger partial charge in [0, 0.05) is 38.3 Å². The minimum Gasteiger partial charge on any atom is -0.361 e. The lowest BCUT2D eigenvalue weighted by atomic mass is 10.1. The van der Waals surface area contributed by atoms with Crippen LogP contribution in [0.2, 0.25) is 0 Å². The molecule has 128 valence electrons. The Labute approximate surface area is 138 Å². The largest absolute Gasteiger partial charge is 0.361 e. The third-order valence-corrected chi connectivity index (χ3v) is 5.19. The third kappa shape index (κ3) is 3.68. The van der Waals surface area contributed by atoms with Gasteiger partial charge in [0.2, 0.25) is 0 Å². The van der Waals surface area contributed by atoms with Crippen LogP contribution in [0.1, 0.15) is 42.7 Å². The van der Waals surface area contributed by atoms with Gasteiger partial charge in [-0.1, -0.05) is 11.6 Å². The van der Waals surface area contributed by atoms with Crippen LogP contribution >= 0.6 is 0 Å². The Balaban J connectivity index is 1.55. The average Bonchev–Trinajstić information content (AvgIpc) is 3.18. The highest BCUT2D eigenvalue weighted by molar-refractivity contribution is 5.80. The molecule has 0 aromatic carbocycles. The van der Waals surface area contributed by atoms with Gasteiger partial charge in [0.05, 0.1) is 5.69 Å². The average molecular weight is 319 g/mol. The summed E-state index contributed by atoms with van der Waals surface area (Å²) >= 11 is 0. The maximum atomic E-state index is 5.23. The molecule has 0 saturated carbocycles. The Morgan fingerprint density at radius 2 is 2.04 bits per heavy atom. The van der Waals surface area contributed by atoms with Gasteiger partial charge in [-0.15, -0.1) is 0 Å². The molecule has 1 N–H and O–H groups in total. The summed E-state index contributed by atoms with van der Waals surface area (Å²) in [6.07, 6.45) is 5.35. The standard InChI is InChI=1S/C17H29N5O/c1-13-16(14(2)23-20-13)11-19-17(18-3)22-10-7-15(12-22)21-8-5-4-6-9-21/h15H,4-12H2,1-3H3,(H,18,19). The van der Waals surface area contributed by atoms with E-state index in [0.29, 0.717) is 6.04 Å². The molecule has 1 atom stereocenters. The van der Waals surface area contributed by atoms with E-state index < -0.39 is 0 Å². The maximum absolute atomic E-state index is 5.23. The van der Waals surface area contributed by atoms with Gasteiger partial charge in [0.15, 0.2) is 5.96 Å². The van der Waals surface area contributed by atoms with E-state index in [-0.39, 0.29) is 0 Å². The Morgan fingerprint density at radius 3 is 2.70 bits per heavy atom. The molecule has 3 rings (SSSR count). The maximum Gasteiger partial charge on any atom is 0.193 e. The number of rotatable bonds is 3. The molecular formula is C17H29N5O. The molecule has 0 radical (unpaired) electrons. The molecule has 1 aromatic rings. The number of aromatic nitrogens is 1. The highest BCUT2D eigenvalue weighted by Gasteiger charge is 2.30. The molecule has 0 bridgehead atoms. The monoisotopic (exact) mass is 319 g/mol. The number of nitrogens with one attached hydrogen (secondary N) is 1. The van der Waals surface area contributed by atoms with Crippen molar-refractivity contribution in [2.75, 3.05) is 33.2 Å². The van der Waals surface area contributed by atoms with Gasteiger partial charge < -0.3 is 14.7 Å². The predicted octanol–water partition coefficient (Wildman–Crippen LogP) is 1.93. The van der Waals surface area contributed by atoms with Gasteiger partial charge in [0.25, 0.3) is 0 Å². The summed E-state index contributed by atoms with van der Waals surface area (Å²) in [7, 11) is 1.86. The third-order valence-electron chi connectivity index (χ3n) is 5.19. The van der Waals surface area contributed by atoms with Crippen LogP contribution in [0.25, 0.3) is 0 Å². The van der Waals surface area contributed by atoms with Crippen molar-refractivity contribution < 1.29 is 4.52 Å². The van der Waals surface area contributed by atoms with Crippen LogP contribution in [0, 0.1) is 13.8 Å². The van der Waals surface area contributed by atoms with Crippen LogP contribution in [0.4, 0.5) is 0 Å². The van der Waals surface area contributed by atoms with Crippen molar-refractivity contribution in [2.45, 2.75) is 52.1 Å². The summed E-state index contributed by atoms with van der Waals surface area (Å²) in [4.78, 5) is 9.53. The molecule has 1 aromatic heterocycles. The van der Waals surface area contributed by atoms with Gasteiger partial charge in [-0.25, -0.2) is 0 Å². The zero-order chi connectivity index (χ0) is 16.2. The molecule has 0 spiro atoms. The molecule has 0 aliphatic carbocycles. The second-order valence-electron chi connectivity index (χ2n) is 6.69. The zero-order valence-corrected chi connectivity index (χ0v) is 14.6. The fourth-order valence-corrected chi connectivity index (χ4v) is 3.77. The van der Waals surface area contributed by atoms with Gasteiger partial charge in [-0.3, -0.25) is 9.89 Å². The van der Waals surface area contributed by atoms with Crippen molar-refractivity contribution in [2.24, 2.45) is 4.99 Å². The van der Waals surface area contributed by atoms with Crippen LogP contribution in [0.5, 0.6) is 0 Å². The predicted molar refractivity (Wildman–Crippen MR) is 91.6 cm³/mol. The van der Waals surface area contributed by atoms with Gasteiger partial charge >= 0.3 is 0 Å². The summed E-state index contributed by atoms with van der Waals surface area (Å²) < 4.78 is 5.23. The van der Waals surface area contributed by atoms with Gasteiger partial charge in [-0.2, -0.15) is 0 Å². The van der Waals surface area contributed by atoms with Crippen molar-refractivity contribution in [3.05, 3.63) is 17.0 Å². The molecule has 6 nitrogen and oxygen atoms in total. The van der Waals surface area contributed by atoms with Crippen LogP contribution in [-0.2, 0) is 6.54 Å². The molecule has 2 aliphatic heterocycles. The van der Waals surface area contributed by atoms with Crippen LogP contribution in [-0.4, -0.2) is 60.2 Å². The fraction of sp³-hybridized carbons (Fsp3) is 0.765. The van der Waals surface area contributed by atoms with Crippen molar-refractivity contribution in [3.63, 3.8) is 0 Å². The highest BCUT2D eigenvalue weighted by Crippen LogP contribution is 2.20. The Kier molecular flexibility index (Phi) is 5.20. The highest BCUT2D eigenvalue weighted by atomic mass is 16.5. The van der Waals surface area contributed by atoms with E-state index >= 15 is 0 Å². The Hall–Kier alpha value is -1.56. The van der Waals surface area contributed by atoms with E-state index in [4.69, 9.17) is 4.52 Å². The number of piperidine rings is 1. The number of aliphatic imine (C=N–C) groups is 1. The van der Waals surface area contributed by atoms with E-state index in [1.54, 1.807) is 0 Å². The first-order chi connectivity index (χ1) is 11.2. The molecular weight excluding hydrogens is 290 g/mol. The van der Waals surface area contributed by atoms with E-state index in [0.717, 1.165) is 42.6 Å². The number of aryl methyl sites for hydroxylation is 2. The molecule has 6 heteroatoms. The Bertz CT molecular complexity index is 528. The number of hydrogen-bond acceptors (Lipinski definition) is 4. The number of likely N-dealkylation sites (tertiary alicyclic amines) is 2. The van der Waals surface area contributed by atoms with Gasteiger partial charge in [-0.05, 0) is 46.2 Å². The van der Waals surface area contributed by atoms with E-state index in [9.17, 15) is 0 Å². The zero-order valence-electron chi connectivity index (χ0n) is 14.6. The van der Waals surface area contributed by atoms with E-state index in [2.05, 4.69) is 25.3 Å². The molecule has 1 unspecified atom stereocenters. The first-order valence-electron chi connectivity index (χ1n) is 8.80. The summed E-state index contributed by atoms with van der Waals surface area (Å²) in [5.41, 5.74) is 2.09. The first-order valence-corrected chi connectivity index (χ1v) is 8.80. The van der Waals surface area contributed by atoms with Crippen molar-refractivity contribution in [1.29, 1.82) is 0 Å². The molecule has 0 amide bonds. The van der Waals surface area contributed by atoms with Crippen LogP contribution in [0.3, 0.4) is 0 Å². The summed E-state index contributed by atoms with van der Waals surface area (Å²) in [5.74, 6) is 1.88. The minimum absolute atomic E-state index is 0.688. The fourth-order valence-electron chi connectivity index (χ4n) is 3.77. The molecule has 2 saturated heterocycles. The van der Waals surface area contributed by atoms with Crippen LogP contribution in [0.15, 0.2) is 9.52 Å². The molecule has 23 heavy (non-hydrogen) atoms. The Morgan fingerprint density at radius 1 is 1.26 bits per heavy atom. The summed E-state index contributed by atoms with van der Waals surface area (Å²) in [5, 5.41) is 7.49. The SMILES string of the molecule is CN=C(NCc1c(C)noc1C)N1CCC(N2CCCCC2)C1. The quantitative estimate of drug-likeness (QED) is 0.681. The van der Waals surface area contributed by atoms with E-state index in [1.165, 1.54) is 38.8 Å². The first kappa shape index (κ1) is 16.3. The lowest BCUT2D eigenvalue weighted by Gasteiger charge is -2.32. The van der Waals surface area contributed by atoms with Crippen molar-refractivity contribution in [1.82, 2.24) is 20.3 Å².